The molecule has 6 aliphatic heterocycles. The first-order chi connectivity index (χ1) is 36.5. The molecule has 4 aromatic rings. The Kier molecular flexibility index (Phi) is 20.8. The number of carbonyl (C=O) groups is 2. The average Bonchev–Trinajstić information content (AvgIpc) is 4.24. The highest BCUT2D eigenvalue weighted by atomic mass is 16.8. The topological polar surface area (TPSA) is 214 Å². The van der Waals surface area contributed by atoms with Gasteiger partial charge in [-0.3, -0.25) is 9.80 Å². The molecule has 10 rings (SSSR count). The zero-order chi connectivity index (χ0) is 54.6. The summed E-state index contributed by atoms with van der Waals surface area (Å²) in [4.78, 5) is 29.1. The van der Waals surface area contributed by atoms with Crippen LogP contribution in [0, 0.1) is 0 Å². The van der Waals surface area contributed by atoms with Gasteiger partial charge in [0.1, 0.15) is 60.9 Å². The van der Waals surface area contributed by atoms with Crippen molar-refractivity contribution < 1.29 is 77.4 Å². The number of fused-ring (bicyclic) bond motifs is 6. The van der Waals surface area contributed by atoms with Crippen molar-refractivity contribution in [2.45, 2.75) is 179 Å². The highest BCUT2D eigenvalue weighted by molar-refractivity contribution is 5.73. The van der Waals surface area contributed by atoms with Crippen LogP contribution >= 0.6 is 0 Å². The maximum Gasteiger partial charge on any atom is 0.411 e. The third kappa shape index (κ3) is 14.3. The molecule has 6 heterocycles. The molecule has 0 aromatic heterocycles. The molecule has 4 N–H and O–H groups in total. The standard InChI is InChI=1S/2C27H33NO7.2C2H6O/c2*1-17-22-25(35-27(2,3)34-22)21-24(33-26(30)28(17)21)23(32-15-19-12-8-5-9-13-19)20(29)16-31-14-18-10-6-4-7-11-18;2*1-2-3/h2*4-13,17,20-25,29H,14-16H2,1-3H3;2*3H,2H2,1H3/t2*17-,20-,21-,22-,23+,24+,25+;;/m00../s1. The normalized spacial score (nSPS) is 28.6. The van der Waals surface area contributed by atoms with E-state index < -0.39 is 72.5 Å². The molecule has 18 heteroatoms. The van der Waals surface area contributed by atoms with Crippen LogP contribution in [0.4, 0.5) is 9.59 Å². The molecule has 4 aromatic carbocycles. The molecule has 6 saturated heterocycles. The van der Waals surface area contributed by atoms with Crippen molar-refractivity contribution in [3.05, 3.63) is 144 Å². The van der Waals surface area contributed by atoms with Gasteiger partial charge in [0.2, 0.25) is 0 Å². The number of aliphatic hydroxyl groups is 4. The van der Waals surface area contributed by atoms with Crippen molar-refractivity contribution in [3.8, 4) is 0 Å². The lowest BCUT2D eigenvalue weighted by Crippen LogP contribution is -2.51. The molecule has 0 spiro atoms. The number of cyclic esters (lactones) is 2. The molecule has 18 nitrogen and oxygen atoms in total. The van der Waals surface area contributed by atoms with Gasteiger partial charge in [-0.2, -0.15) is 0 Å². The molecule has 6 aliphatic rings. The Morgan fingerprint density at radius 3 is 1.07 bits per heavy atom. The van der Waals surface area contributed by atoms with Crippen molar-refractivity contribution in [2.24, 2.45) is 0 Å². The molecule has 14 atom stereocenters. The van der Waals surface area contributed by atoms with E-state index in [1.807, 2.05) is 163 Å². The van der Waals surface area contributed by atoms with Gasteiger partial charge in [-0.05, 0) is 77.6 Å². The summed E-state index contributed by atoms with van der Waals surface area (Å²) in [5.41, 5.74) is 3.92. The summed E-state index contributed by atoms with van der Waals surface area (Å²) in [6.07, 6.45) is -7.35. The van der Waals surface area contributed by atoms with Gasteiger partial charge in [-0.25, -0.2) is 9.59 Å². The maximum atomic E-state index is 12.9. The highest BCUT2D eigenvalue weighted by Gasteiger charge is 2.67. The maximum absolute atomic E-state index is 12.9. The Morgan fingerprint density at radius 1 is 0.487 bits per heavy atom. The number of ether oxygens (including phenoxy) is 10. The van der Waals surface area contributed by atoms with E-state index in [1.165, 1.54) is 0 Å². The van der Waals surface area contributed by atoms with Gasteiger partial charge in [0.05, 0.1) is 51.7 Å². The van der Waals surface area contributed by atoms with Crippen molar-refractivity contribution in [3.63, 3.8) is 0 Å². The summed E-state index contributed by atoms with van der Waals surface area (Å²) in [6, 6.07) is 37.6. The molecule has 0 unspecified atom stereocenters. The Labute approximate surface area is 446 Å². The van der Waals surface area contributed by atoms with E-state index in [0.29, 0.717) is 13.2 Å². The van der Waals surface area contributed by atoms with Crippen LogP contribution < -0.4 is 0 Å². The van der Waals surface area contributed by atoms with Gasteiger partial charge in [0, 0.05) is 13.2 Å². The van der Waals surface area contributed by atoms with E-state index in [4.69, 9.17) is 57.6 Å². The van der Waals surface area contributed by atoms with Crippen molar-refractivity contribution in [1.29, 1.82) is 0 Å². The number of hydrogen-bond acceptors (Lipinski definition) is 16. The second-order valence-electron chi connectivity index (χ2n) is 20.4. The number of amides is 2. The summed E-state index contributed by atoms with van der Waals surface area (Å²) in [7, 11) is 0. The zero-order valence-electron chi connectivity index (χ0n) is 44.9. The van der Waals surface area contributed by atoms with E-state index in [2.05, 4.69) is 0 Å². The first-order valence-corrected chi connectivity index (χ1v) is 26.3. The lowest BCUT2D eigenvalue weighted by Gasteiger charge is -2.32. The molecular weight excluding hydrogens is 981 g/mol. The first kappa shape index (κ1) is 58.6. The van der Waals surface area contributed by atoms with Gasteiger partial charge in [-0.1, -0.05) is 121 Å². The fourth-order valence-electron chi connectivity index (χ4n) is 10.7. The Morgan fingerprint density at radius 2 is 0.763 bits per heavy atom. The number of carbonyl (C=O) groups excluding carboxylic acids is 2. The van der Waals surface area contributed by atoms with E-state index in [9.17, 15) is 19.8 Å². The second kappa shape index (κ2) is 27.0. The van der Waals surface area contributed by atoms with Crippen LogP contribution in [0.25, 0.3) is 0 Å². The van der Waals surface area contributed by atoms with Crippen molar-refractivity contribution in [2.75, 3.05) is 26.4 Å². The van der Waals surface area contributed by atoms with Crippen molar-refractivity contribution >= 4 is 12.2 Å². The Hall–Kier alpha value is -5.06. The monoisotopic (exact) mass is 1060 g/mol. The van der Waals surface area contributed by atoms with E-state index >= 15 is 0 Å². The van der Waals surface area contributed by atoms with Gasteiger partial charge >= 0.3 is 12.2 Å². The third-order valence-corrected chi connectivity index (χ3v) is 13.8. The predicted octanol–water partition coefficient (Wildman–Crippen LogP) is 6.52. The summed E-state index contributed by atoms with van der Waals surface area (Å²) in [6.45, 7) is 16.5. The van der Waals surface area contributed by atoms with Crippen LogP contribution in [0.2, 0.25) is 0 Å². The minimum atomic E-state index is -1.02. The Bertz CT molecular complexity index is 2200. The molecule has 0 saturated carbocycles. The molecule has 0 bridgehead atoms. The van der Waals surface area contributed by atoms with E-state index in [0.717, 1.165) is 22.3 Å². The van der Waals surface area contributed by atoms with Crippen LogP contribution in [0.3, 0.4) is 0 Å². The number of nitrogens with zero attached hydrogens (tertiary/aromatic N) is 2. The third-order valence-electron chi connectivity index (χ3n) is 13.8. The lowest BCUT2D eigenvalue weighted by atomic mass is 9.96. The highest BCUT2D eigenvalue weighted by Crippen LogP contribution is 2.47. The van der Waals surface area contributed by atoms with E-state index in [-0.39, 0.29) is 76.1 Å². The van der Waals surface area contributed by atoms with Gasteiger partial charge in [-0.15, -0.1) is 0 Å². The smallest absolute Gasteiger partial charge is 0.411 e. The molecule has 416 valence electrons. The van der Waals surface area contributed by atoms with Gasteiger partial charge in [0.15, 0.2) is 23.8 Å². The molecule has 0 radical (unpaired) electrons. The van der Waals surface area contributed by atoms with Gasteiger partial charge < -0.3 is 67.8 Å². The largest absolute Gasteiger partial charge is 0.441 e. The minimum Gasteiger partial charge on any atom is -0.441 e. The number of rotatable bonds is 18. The molecule has 76 heavy (non-hydrogen) atoms. The van der Waals surface area contributed by atoms with E-state index in [1.54, 1.807) is 23.6 Å². The SMILES string of the molecule is CCO.CCO.C[C@H]1[C@@H]2OC(C)(C)O[C@@H]2[C@@H]2[C@H]([C@H](OCc3ccccc3)[C@@H](O)COCc3ccccc3)OC(=O)N21.C[C@H]1[C@@H]2OC(C)(C)O[C@@H]2[C@@H]2[C@H]([C@H](OCc3ccccc3)[C@@H](O)COCc3ccccc3)OC(=O)N21. The minimum absolute atomic E-state index is 0.0294. The number of benzene rings is 4. The molecule has 2 amide bonds. The summed E-state index contributed by atoms with van der Waals surface area (Å²) in [5.74, 6) is -1.52. The lowest BCUT2D eigenvalue weighted by molar-refractivity contribution is -0.170. The van der Waals surface area contributed by atoms with Crippen molar-refractivity contribution in [1.82, 2.24) is 9.80 Å². The Balaban J connectivity index is 0.000000201. The summed E-state index contributed by atoms with van der Waals surface area (Å²) < 4.78 is 60.4. The fraction of sp³-hybridized carbons (Fsp3) is 0.552. The zero-order valence-corrected chi connectivity index (χ0v) is 44.9. The molecule has 0 aliphatic carbocycles. The quantitative estimate of drug-likeness (QED) is 0.0835. The van der Waals surface area contributed by atoms with Gasteiger partial charge in [0.25, 0.3) is 0 Å². The summed E-state index contributed by atoms with van der Waals surface area (Å²) in [5, 5.41) is 37.6. The summed E-state index contributed by atoms with van der Waals surface area (Å²) >= 11 is 0. The first-order valence-electron chi connectivity index (χ1n) is 26.3. The molecular formula is C58H78N2O16. The number of aliphatic hydroxyl groups excluding tert-OH is 4. The molecule has 6 fully saturated rings. The fourth-order valence-corrected chi connectivity index (χ4v) is 10.7. The number of hydrogen-bond donors (Lipinski definition) is 4. The van der Waals surface area contributed by atoms with Crippen LogP contribution in [-0.4, -0.2) is 166 Å². The van der Waals surface area contributed by atoms with Crippen LogP contribution in [-0.2, 0) is 73.8 Å². The second-order valence-corrected chi connectivity index (χ2v) is 20.4. The van der Waals surface area contributed by atoms with Crippen LogP contribution in [0.1, 0.15) is 77.6 Å². The predicted molar refractivity (Wildman–Crippen MR) is 278 cm³/mol. The van der Waals surface area contributed by atoms with Crippen LogP contribution in [0.5, 0.6) is 0 Å². The van der Waals surface area contributed by atoms with Crippen LogP contribution in [0.15, 0.2) is 121 Å². The average molecular weight is 1060 g/mol.